The van der Waals surface area contributed by atoms with Crippen molar-refractivity contribution < 1.29 is 9.59 Å². The number of halogens is 1. The van der Waals surface area contributed by atoms with Crippen LogP contribution in [0.3, 0.4) is 0 Å². The van der Waals surface area contributed by atoms with Crippen LogP contribution in [0.15, 0.2) is 33.8 Å². The van der Waals surface area contributed by atoms with Gasteiger partial charge in [0.1, 0.15) is 0 Å². The third-order valence-corrected chi connectivity index (χ3v) is 6.72. The first-order chi connectivity index (χ1) is 10.9. The van der Waals surface area contributed by atoms with Gasteiger partial charge in [-0.3, -0.25) is 14.5 Å². The van der Waals surface area contributed by atoms with Crippen molar-refractivity contribution >= 4 is 33.4 Å². The van der Waals surface area contributed by atoms with Crippen LogP contribution in [0.5, 0.6) is 0 Å². The summed E-state index contributed by atoms with van der Waals surface area (Å²) < 4.78 is 0.993. The van der Waals surface area contributed by atoms with Gasteiger partial charge in [0, 0.05) is 4.47 Å². The molecule has 2 saturated carbocycles. The molecule has 0 N–H and O–H groups in total. The van der Waals surface area contributed by atoms with Gasteiger partial charge in [0.2, 0.25) is 11.8 Å². The van der Waals surface area contributed by atoms with E-state index in [1.165, 1.54) is 16.0 Å². The summed E-state index contributed by atoms with van der Waals surface area (Å²) in [5, 5.41) is 0. The largest absolute Gasteiger partial charge is 0.274 e. The minimum atomic E-state index is -0.130. The van der Waals surface area contributed by atoms with Crippen molar-refractivity contribution in [3.8, 4) is 0 Å². The average molecular weight is 374 g/mol. The predicted octanol–water partition coefficient (Wildman–Crippen LogP) is 4.24. The number of carbonyl (C=O) groups excluding carboxylic acids is 2. The van der Waals surface area contributed by atoms with Crippen LogP contribution < -0.4 is 4.90 Å². The Morgan fingerprint density at radius 2 is 1.65 bits per heavy atom. The van der Waals surface area contributed by atoms with Gasteiger partial charge in [0.05, 0.1) is 17.5 Å². The first-order valence-electron chi connectivity index (χ1n) is 8.23. The lowest BCUT2D eigenvalue weighted by Gasteiger charge is -2.19. The summed E-state index contributed by atoms with van der Waals surface area (Å²) in [7, 11) is 0. The van der Waals surface area contributed by atoms with E-state index in [9.17, 15) is 9.59 Å². The molecule has 0 aromatic heterocycles. The molecule has 1 saturated heterocycles. The van der Waals surface area contributed by atoms with Crippen molar-refractivity contribution in [1.82, 2.24) is 0 Å². The molecule has 0 radical (unpaired) electrons. The first kappa shape index (κ1) is 15.1. The zero-order valence-corrected chi connectivity index (χ0v) is 15.2. The van der Waals surface area contributed by atoms with Crippen molar-refractivity contribution in [3.05, 3.63) is 39.4 Å². The Morgan fingerprint density at radius 1 is 1.09 bits per heavy atom. The quantitative estimate of drug-likeness (QED) is 0.545. The standard InChI is InChI=1S/C19H20BrNO2/c1-9(2)15-12-5-6-13(15)17-16(12)18(22)21(19(17)23)11-4-7-14(20)10(3)8-11/h4,7-8,12-13,16-17H,5-6H2,1-3H3/t12-,13+,16+,17-. The highest BCUT2D eigenvalue weighted by atomic mass is 79.9. The van der Waals surface area contributed by atoms with E-state index >= 15 is 0 Å². The molecule has 0 spiro atoms. The van der Waals surface area contributed by atoms with Gasteiger partial charge < -0.3 is 0 Å². The topological polar surface area (TPSA) is 37.4 Å². The molecule has 1 aromatic carbocycles. The number of anilines is 1. The van der Waals surface area contributed by atoms with Crippen LogP contribution in [0.25, 0.3) is 0 Å². The minimum absolute atomic E-state index is 0.00710. The Kier molecular flexibility index (Phi) is 3.31. The molecule has 120 valence electrons. The second-order valence-corrected chi connectivity index (χ2v) is 8.10. The SMILES string of the molecule is CC(C)=C1[C@H]2CC[C@@H]1[C@H]1C(=O)N(c3ccc(Br)c(C)c3)C(=O)[C@H]12. The number of carbonyl (C=O) groups is 2. The zero-order valence-electron chi connectivity index (χ0n) is 13.6. The number of hydrogen-bond donors (Lipinski definition) is 0. The molecule has 3 aliphatic rings. The fourth-order valence-electron chi connectivity index (χ4n) is 5.01. The van der Waals surface area contributed by atoms with Gasteiger partial charge in [-0.25, -0.2) is 0 Å². The fraction of sp³-hybridized carbons (Fsp3) is 0.474. The van der Waals surface area contributed by atoms with E-state index in [4.69, 9.17) is 0 Å². The third-order valence-electron chi connectivity index (χ3n) is 5.83. The summed E-state index contributed by atoms with van der Waals surface area (Å²) in [4.78, 5) is 27.5. The molecule has 23 heavy (non-hydrogen) atoms. The minimum Gasteiger partial charge on any atom is -0.274 e. The van der Waals surface area contributed by atoms with Gasteiger partial charge in [0.15, 0.2) is 0 Å². The molecule has 3 fully saturated rings. The van der Waals surface area contributed by atoms with E-state index in [1.807, 2.05) is 25.1 Å². The van der Waals surface area contributed by atoms with E-state index < -0.39 is 0 Å². The molecule has 1 heterocycles. The second-order valence-electron chi connectivity index (χ2n) is 7.24. The van der Waals surface area contributed by atoms with E-state index in [0.29, 0.717) is 5.69 Å². The molecular formula is C19H20BrNO2. The normalized spacial score (nSPS) is 32.0. The lowest BCUT2D eigenvalue weighted by molar-refractivity contribution is -0.123. The van der Waals surface area contributed by atoms with Crippen molar-refractivity contribution in [2.24, 2.45) is 23.7 Å². The maximum atomic E-state index is 13.0. The Bertz CT molecular complexity index is 731. The number of rotatable bonds is 1. The van der Waals surface area contributed by atoms with Crippen LogP contribution in [-0.4, -0.2) is 11.8 Å². The number of fused-ring (bicyclic) bond motifs is 5. The van der Waals surface area contributed by atoms with Gasteiger partial charge in [-0.15, -0.1) is 0 Å². The summed E-state index contributed by atoms with van der Waals surface area (Å²) in [6, 6.07) is 5.69. The molecule has 4 heteroatoms. The first-order valence-corrected chi connectivity index (χ1v) is 9.02. The van der Waals surface area contributed by atoms with Crippen molar-refractivity contribution in [3.63, 3.8) is 0 Å². The Labute approximate surface area is 144 Å². The number of hydrogen-bond acceptors (Lipinski definition) is 2. The Morgan fingerprint density at radius 3 is 2.13 bits per heavy atom. The lowest BCUT2D eigenvalue weighted by atomic mass is 9.81. The molecule has 4 rings (SSSR count). The van der Waals surface area contributed by atoms with Crippen LogP contribution in [0, 0.1) is 30.6 Å². The molecular weight excluding hydrogens is 354 g/mol. The summed E-state index contributed by atoms with van der Waals surface area (Å²) in [5.74, 6) is 0.326. The monoisotopic (exact) mass is 373 g/mol. The molecule has 2 aliphatic carbocycles. The number of amides is 2. The van der Waals surface area contributed by atoms with E-state index in [0.717, 1.165) is 22.9 Å². The molecule has 0 unspecified atom stereocenters. The summed E-state index contributed by atoms with van der Waals surface area (Å²) in [6.45, 7) is 6.21. The van der Waals surface area contributed by atoms with Gasteiger partial charge in [-0.05, 0) is 69.2 Å². The predicted molar refractivity (Wildman–Crippen MR) is 92.9 cm³/mol. The molecule has 1 aromatic rings. The van der Waals surface area contributed by atoms with Crippen LogP contribution >= 0.6 is 15.9 Å². The maximum absolute atomic E-state index is 13.0. The number of imide groups is 1. The second kappa shape index (κ2) is 5.04. The molecule has 2 amide bonds. The average Bonchev–Trinajstić information content (AvgIpc) is 3.13. The van der Waals surface area contributed by atoms with E-state index in [2.05, 4.69) is 29.8 Å². The fourth-order valence-corrected chi connectivity index (χ4v) is 5.26. The van der Waals surface area contributed by atoms with Crippen LogP contribution in [0.2, 0.25) is 0 Å². The number of benzene rings is 1. The van der Waals surface area contributed by atoms with Crippen LogP contribution in [0.4, 0.5) is 5.69 Å². The summed E-state index contributed by atoms with van der Waals surface area (Å²) >= 11 is 3.48. The van der Waals surface area contributed by atoms with E-state index in [-0.39, 0.29) is 35.5 Å². The third kappa shape index (κ3) is 1.94. The van der Waals surface area contributed by atoms with Crippen LogP contribution in [-0.2, 0) is 9.59 Å². The molecule has 2 bridgehead atoms. The Balaban J connectivity index is 1.76. The van der Waals surface area contributed by atoms with Crippen molar-refractivity contribution in [2.75, 3.05) is 4.90 Å². The van der Waals surface area contributed by atoms with Gasteiger partial charge in [-0.2, -0.15) is 0 Å². The highest BCUT2D eigenvalue weighted by Gasteiger charge is 2.63. The van der Waals surface area contributed by atoms with Gasteiger partial charge in [-0.1, -0.05) is 27.1 Å². The molecule has 3 nitrogen and oxygen atoms in total. The van der Waals surface area contributed by atoms with Gasteiger partial charge in [0.25, 0.3) is 0 Å². The number of aryl methyl sites for hydroxylation is 1. The lowest BCUT2D eigenvalue weighted by Crippen LogP contribution is -2.33. The number of allylic oxidation sites excluding steroid dienone is 2. The smallest absolute Gasteiger partial charge is 0.238 e. The molecule has 1 aliphatic heterocycles. The zero-order chi connectivity index (χ0) is 16.5. The van der Waals surface area contributed by atoms with Crippen LogP contribution in [0.1, 0.15) is 32.3 Å². The number of nitrogens with zero attached hydrogens (tertiary/aromatic N) is 1. The Hall–Kier alpha value is -1.42. The van der Waals surface area contributed by atoms with Crippen molar-refractivity contribution in [1.29, 1.82) is 0 Å². The van der Waals surface area contributed by atoms with Gasteiger partial charge >= 0.3 is 0 Å². The highest BCUT2D eigenvalue weighted by molar-refractivity contribution is 9.10. The highest BCUT2D eigenvalue weighted by Crippen LogP contribution is 2.60. The maximum Gasteiger partial charge on any atom is 0.238 e. The van der Waals surface area contributed by atoms with E-state index in [1.54, 1.807) is 0 Å². The van der Waals surface area contributed by atoms with Crippen molar-refractivity contribution in [2.45, 2.75) is 33.6 Å². The summed E-state index contributed by atoms with van der Waals surface area (Å²) in [6.07, 6.45) is 2.11. The summed E-state index contributed by atoms with van der Waals surface area (Å²) in [5.41, 5.74) is 4.45. The molecule has 4 atom stereocenters.